The minimum Gasteiger partial charge on any atom is -0.364 e. The van der Waals surface area contributed by atoms with Crippen molar-refractivity contribution in [2.24, 2.45) is 11.7 Å². The molecule has 25 heavy (non-hydrogen) atoms. The van der Waals surface area contributed by atoms with Crippen LogP contribution in [-0.2, 0) is 20.6 Å². The van der Waals surface area contributed by atoms with E-state index in [2.05, 4.69) is 9.68 Å². The Bertz CT molecular complexity index is 694. The largest absolute Gasteiger partial charge is 0.364 e. The number of nitrogens with zero attached hydrogens (tertiary/aromatic N) is 3. The van der Waals surface area contributed by atoms with E-state index in [-0.39, 0.29) is 17.6 Å². The molecular weight excluding hydrogens is 344 g/mol. The minimum atomic E-state index is -3.45. The first-order valence-electron chi connectivity index (χ1n) is 8.74. The average molecular weight is 370 g/mol. The summed E-state index contributed by atoms with van der Waals surface area (Å²) in [6, 6.07) is 1.54. The number of carbonyl (C=O) groups is 1. The Morgan fingerprint density at radius 2 is 2.08 bits per heavy atom. The summed E-state index contributed by atoms with van der Waals surface area (Å²) in [4.78, 5) is 14.6. The summed E-state index contributed by atoms with van der Waals surface area (Å²) >= 11 is 0. The lowest BCUT2D eigenvalue weighted by Gasteiger charge is -2.42. The molecule has 1 aromatic heterocycles. The highest BCUT2D eigenvalue weighted by Crippen LogP contribution is 2.33. The predicted molar refractivity (Wildman–Crippen MR) is 91.8 cm³/mol. The molecule has 2 fully saturated rings. The molecule has 1 saturated carbocycles. The summed E-state index contributed by atoms with van der Waals surface area (Å²) in [5.41, 5.74) is 6.25. The molecule has 0 bridgehead atoms. The summed E-state index contributed by atoms with van der Waals surface area (Å²) in [6.07, 6.45) is 5.11. The van der Waals surface area contributed by atoms with Crippen LogP contribution in [0.15, 0.2) is 16.9 Å². The van der Waals surface area contributed by atoms with Gasteiger partial charge in [-0.1, -0.05) is 18.0 Å². The van der Waals surface area contributed by atoms with Gasteiger partial charge in [-0.2, -0.15) is 4.31 Å². The Morgan fingerprint density at radius 3 is 2.68 bits per heavy atom. The lowest BCUT2D eigenvalue weighted by molar-refractivity contribution is -0.140. The zero-order chi connectivity index (χ0) is 18.1. The number of carbonyl (C=O) groups excluding carboxylic acids is 1. The summed E-state index contributed by atoms with van der Waals surface area (Å²) < 4.78 is 31.0. The zero-order valence-electron chi connectivity index (χ0n) is 14.6. The van der Waals surface area contributed by atoms with Gasteiger partial charge in [0, 0.05) is 37.8 Å². The maximum Gasteiger partial charge on any atom is 0.227 e. The average Bonchev–Trinajstić information content (AvgIpc) is 3.06. The second-order valence-corrected chi connectivity index (χ2v) is 9.24. The number of hydrogen-bond donors (Lipinski definition) is 1. The third-order valence-electron chi connectivity index (χ3n) is 5.32. The molecule has 140 valence electrons. The topological polar surface area (TPSA) is 110 Å². The minimum absolute atomic E-state index is 0.0678. The summed E-state index contributed by atoms with van der Waals surface area (Å²) in [5, 5.41) is 3.66. The Labute approximate surface area is 148 Å². The first kappa shape index (κ1) is 18.3. The number of hydrogen-bond acceptors (Lipinski definition) is 6. The molecule has 1 saturated heterocycles. The van der Waals surface area contributed by atoms with E-state index in [1.165, 1.54) is 10.6 Å². The van der Waals surface area contributed by atoms with Crippen LogP contribution in [0.1, 0.15) is 38.3 Å². The second kappa shape index (κ2) is 7.05. The van der Waals surface area contributed by atoms with Crippen LogP contribution in [0.5, 0.6) is 0 Å². The number of rotatable bonds is 4. The lowest BCUT2D eigenvalue weighted by Crippen LogP contribution is -2.57. The Balaban J connectivity index is 1.59. The van der Waals surface area contributed by atoms with Gasteiger partial charge in [0.1, 0.15) is 12.0 Å². The van der Waals surface area contributed by atoms with E-state index in [9.17, 15) is 13.2 Å². The number of aromatic nitrogens is 1. The van der Waals surface area contributed by atoms with Crippen molar-refractivity contribution in [3.63, 3.8) is 0 Å². The fourth-order valence-corrected chi connectivity index (χ4v) is 5.19. The van der Waals surface area contributed by atoms with Gasteiger partial charge in [0.2, 0.25) is 15.9 Å². The van der Waals surface area contributed by atoms with Crippen LogP contribution in [0, 0.1) is 5.92 Å². The Hall–Kier alpha value is -1.45. The Morgan fingerprint density at radius 1 is 1.36 bits per heavy atom. The molecule has 9 heteroatoms. The molecule has 8 nitrogen and oxygen atoms in total. The highest BCUT2D eigenvalue weighted by Gasteiger charge is 2.41. The molecule has 0 radical (unpaired) electrons. The maximum absolute atomic E-state index is 12.8. The molecule has 3 rings (SSSR count). The van der Waals surface area contributed by atoms with Crippen molar-refractivity contribution in [1.29, 1.82) is 0 Å². The number of piperazine rings is 1. The van der Waals surface area contributed by atoms with Gasteiger partial charge in [0.15, 0.2) is 0 Å². The quantitative estimate of drug-likeness (QED) is 0.829. The fraction of sp³-hybridized carbons (Fsp3) is 0.750. The molecule has 2 N–H and O–H groups in total. The van der Waals surface area contributed by atoms with Gasteiger partial charge < -0.3 is 15.2 Å². The summed E-state index contributed by atoms with van der Waals surface area (Å²) in [6.45, 7) is 3.38. The molecule has 2 aliphatic rings. The number of nitrogens with two attached hydrogens (primary N) is 1. The molecule has 1 aliphatic carbocycles. The molecule has 0 spiro atoms. The molecular formula is C16H26N4O4S. The number of amides is 1. The van der Waals surface area contributed by atoms with Crippen LogP contribution >= 0.6 is 0 Å². The highest BCUT2D eigenvalue weighted by atomic mass is 32.2. The first-order valence-corrected chi connectivity index (χ1v) is 10.4. The van der Waals surface area contributed by atoms with E-state index < -0.39 is 15.6 Å². The van der Waals surface area contributed by atoms with Gasteiger partial charge in [-0.3, -0.25) is 4.79 Å². The molecule has 0 aromatic carbocycles. The van der Waals surface area contributed by atoms with Crippen LogP contribution < -0.4 is 5.73 Å². The van der Waals surface area contributed by atoms with Gasteiger partial charge in [0.25, 0.3) is 0 Å². The zero-order valence-corrected chi connectivity index (χ0v) is 15.4. The molecule has 2 atom stereocenters. The van der Waals surface area contributed by atoms with Crippen molar-refractivity contribution in [3.05, 3.63) is 18.0 Å². The predicted octanol–water partition coefficient (Wildman–Crippen LogP) is 0.556. The van der Waals surface area contributed by atoms with E-state index in [0.717, 1.165) is 25.7 Å². The van der Waals surface area contributed by atoms with Crippen LogP contribution in [-0.4, -0.2) is 60.4 Å². The van der Waals surface area contributed by atoms with Crippen molar-refractivity contribution >= 4 is 15.9 Å². The van der Waals surface area contributed by atoms with Gasteiger partial charge in [0.05, 0.1) is 11.6 Å². The highest BCUT2D eigenvalue weighted by molar-refractivity contribution is 7.88. The van der Waals surface area contributed by atoms with E-state index in [1.54, 1.807) is 11.0 Å². The monoisotopic (exact) mass is 370 g/mol. The standard InChI is InChI=1S/C16H26N4O4S/c1-16(17)6-3-2-4-14(16)15(21)19-7-9-20(10-8-19)25(22,23)12-13-5-11-24-18-13/h5,11,14H,2-4,6-10,12,17H2,1H3. The maximum atomic E-state index is 12.8. The van der Waals surface area contributed by atoms with Crippen LogP contribution in [0.25, 0.3) is 0 Å². The van der Waals surface area contributed by atoms with Crippen LogP contribution in [0.4, 0.5) is 0 Å². The fourth-order valence-electron chi connectivity index (χ4n) is 3.76. The van der Waals surface area contributed by atoms with E-state index in [4.69, 9.17) is 5.73 Å². The molecule has 1 amide bonds. The molecule has 1 aromatic rings. The van der Waals surface area contributed by atoms with E-state index >= 15 is 0 Å². The van der Waals surface area contributed by atoms with Crippen molar-refractivity contribution in [2.75, 3.05) is 26.2 Å². The van der Waals surface area contributed by atoms with E-state index in [0.29, 0.717) is 31.9 Å². The van der Waals surface area contributed by atoms with Gasteiger partial charge >= 0.3 is 0 Å². The van der Waals surface area contributed by atoms with Crippen molar-refractivity contribution in [1.82, 2.24) is 14.4 Å². The Kier molecular flexibility index (Phi) is 5.17. The third-order valence-corrected chi connectivity index (χ3v) is 7.13. The SMILES string of the molecule is CC1(N)CCCCC1C(=O)N1CCN(S(=O)(=O)Cc2ccon2)CC1. The smallest absolute Gasteiger partial charge is 0.227 e. The number of sulfonamides is 1. The molecule has 1 aliphatic heterocycles. The van der Waals surface area contributed by atoms with Crippen molar-refractivity contribution in [3.8, 4) is 0 Å². The van der Waals surface area contributed by atoms with Crippen LogP contribution in [0.3, 0.4) is 0 Å². The van der Waals surface area contributed by atoms with Crippen molar-refractivity contribution < 1.29 is 17.7 Å². The first-order chi connectivity index (χ1) is 11.8. The summed E-state index contributed by atoms with van der Waals surface area (Å²) in [5.74, 6) is -0.279. The van der Waals surface area contributed by atoms with Gasteiger partial charge in [-0.25, -0.2) is 8.42 Å². The van der Waals surface area contributed by atoms with Gasteiger partial charge in [-0.05, 0) is 19.8 Å². The molecule has 2 heterocycles. The molecule has 2 unspecified atom stereocenters. The third kappa shape index (κ3) is 4.04. The van der Waals surface area contributed by atoms with Crippen molar-refractivity contribution in [2.45, 2.75) is 43.9 Å². The van der Waals surface area contributed by atoms with Crippen LogP contribution in [0.2, 0.25) is 0 Å². The van der Waals surface area contributed by atoms with E-state index in [1.807, 2.05) is 6.92 Å². The van der Waals surface area contributed by atoms with Gasteiger partial charge in [-0.15, -0.1) is 0 Å². The second-order valence-electron chi connectivity index (χ2n) is 7.28. The normalized spacial score (nSPS) is 28.9. The lowest BCUT2D eigenvalue weighted by atomic mass is 9.74. The summed E-state index contributed by atoms with van der Waals surface area (Å²) in [7, 11) is -3.45.